The van der Waals surface area contributed by atoms with Gasteiger partial charge in [-0.05, 0) is 60.6 Å². The van der Waals surface area contributed by atoms with Gasteiger partial charge in [0.2, 0.25) is 0 Å². The van der Waals surface area contributed by atoms with Gasteiger partial charge >= 0.3 is 0 Å². The molecule has 3 rings (SSSR count). The van der Waals surface area contributed by atoms with E-state index in [0.29, 0.717) is 0 Å². The van der Waals surface area contributed by atoms with Gasteiger partial charge in [0.1, 0.15) is 0 Å². The van der Waals surface area contributed by atoms with Crippen molar-refractivity contribution < 1.29 is 4.84 Å². The summed E-state index contributed by atoms with van der Waals surface area (Å²) < 4.78 is 0. The van der Waals surface area contributed by atoms with Crippen LogP contribution in [-0.4, -0.2) is 30.5 Å². The van der Waals surface area contributed by atoms with Gasteiger partial charge < -0.3 is 9.74 Å². The van der Waals surface area contributed by atoms with Crippen LogP contribution in [0.15, 0.2) is 46.5 Å². The predicted molar refractivity (Wildman–Crippen MR) is 122 cm³/mol. The molecule has 1 aliphatic rings. The van der Waals surface area contributed by atoms with Crippen molar-refractivity contribution in [3.63, 3.8) is 0 Å². The van der Waals surface area contributed by atoms with Crippen molar-refractivity contribution in [2.45, 2.75) is 59.5 Å². The molecule has 4 heteroatoms. The van der Waals surface area contributed by atoms with Gasteiger partial charge in [-0.1, -0.05) is 50.2 Å². The highest BCUT2D eigenvalue weighted by Crippen LogP contribution is 2.33. The Morgan fingerprint density at radius 1 is 1.14 bits per heavy atom. The van der Waals surface area contributed by atoms with Gasteiger partial charge in [-0.25, -0.2) is 4.99 Å². The number of aliphatic imine (C=N–C) groups is 1. The van der Waals surface area contributed by atoms with E-state index in [1.54, 1.807) is 0 Å². The van der Waals surface area contributed by atoms with Crippen molar-refractivity contribution in [3.8, 4) is 0 Å². The van der Waals surface area contributed by atoms with Gasteiger partial charge in [-0.15, -0.1) is 0 Å². The van der Waals surface area contributed by atoms with Crippen LogP contribution in [0, 0.1) is 13.8 Å². The predicted octanol–water partition coefficient (Wildman–Crippen LogP) is 6.08. The van der Waals surface area contributed by atoms with Crippen molar-refractivity contribution in [2.75, 3.05) is 13.6 Å². The highest BCUT2D eigenvalue weighted by molar-refractivity contribution is 6.03. The van der Waals surface area contributed by atoms with Crippen LogP contribution in [0.5, 0.6) is 0 Å². The minimum Gasteiger partial charge on any atom is -0.387 e. The van der Waals surface area contributed by atoms with Gasteiger partial charge in [-0.3, -0.25) is 0 Å². The topological polar surface area (TPSA) is 37.2 Å². The van der Waals surface area contributed by atoms with Crippen LogP contribution in [0.3, 0.4) is 0 Å². The molecule has 154 valence electrons. The van der Waals surface area contributed by atoms with Gasteiger partial charge in [0.25, 0.3) is 0 Å². The molecule has 0 saturated heterocycles. The summed E-state index contributed by atoms with van der Waals surface area (Å²) in [4.78, 5) is 12.5. The molecule has 0 amide bonds. The first-order chi connectivity index (χ1) is 13.7. The summed E-state index contributed by atoms with van der Waals surface area (Å²) >= 11 is 0. The molecule has 2 aromatic carbocycles. The van der Waals surface area contributed by atoms with E-state index in [4.69, 9.17) is 4.84 Å². The molecule has 0 bridgehead atoms. The number of benzene rings is 2. The van der Waals surface area contributed by atoms with Gasteiger partial charge in [-0.2, -0.15) is 0 Å². The monoisotopic (exact) mass is 391 g/mol. The van der Waals surface area contributed by atoms with Crippen LogP contribution in [-0.2, 0) is 10.3 Å². The van der Waals surface area contributed by atoms with E-state index in [9.17, 15) is 0 Å². The van der Waals surface area contributed by atoms with Crippen LogP contribution in [0.1, 0.15) is 68.0 Å². The maximum atomic E-state index is 5.80. The normalized spacial score (nSPS) is 16.8. The van der Waals surface area contributed by atoms with Gasteiger partial charge in [0.15, 0.2) is 6.10 Å². The van der Waals surface area contributed by atoms with Crippen molar-refractivity contribution >= 4 is 17.7 Å². The summed E-state index contributed by atoms with van der Waals surface area (Å²) in [5.74, 6) is 0. The van der Waals surface area contributed by atoms with Crippen LogP contribution >= 0.6 is 0 Å². The second-order valence-corrected chi connectivity index (χ2v) is 8.98. The molecule has 0 saturated carbocycles. The lowest BCUT2D eigenvalue weighted by molar-refractivity contribution is 0.0857. The van der Waals surface area contributed by atoms with E-state index < -0.39 is 0 Å². The van der Waals surface area contributed by atoms with E-state index in [1.165, 1.54) is 16.7 Å². The van der Waals surface area contributed by atoms with Crippen molar-refractivity contribution in [1.29, 1.82) is 0 Å². The van der Waals surface area contributed by atoms with E-state index >= 15 is 0 Å². The van der Waals surface area contributed by atoms with Crippen LogP contribution in [0.25, 0.3) is 0 Å². The Morgan fingerprint density at radius 3 is 2.45 bits per heavy atom. The van der Waals surface area contributed by atoms with E-state index in [1.807, 2.05) is 13.4 Å². The Balaban J connectivity index is 1.76. The Kier molecular flexibility index (Phi) is 6.11. The zero-order chi connectivity index (χ0) is 21.2. The quantitative estimate of drug-likeness (QED) is 0.458. The molecule has 1 unspecified atom stereocenters. The van der Waals surface area contributed by atoms with E-state index in [2.05, 4.69) is 93.0 Å². The highest BCUT2D eigenvalue weighted by atomic mass is 16.6. The zero-order valence-electron chi connectivity index (χ0n) is 18.8. The molecular formula is C25H33N3O. The average Bonchev–Trinajstić information content (AvgIpc) is 3.17. The summed E-state index contributed by atoms with van der Waals surface area (Å²) in [6.07, 6.45) is 2.65. The second kappa shape index (κ2) is 8.40. The Labute approximate surface area is 175 Å². The number of aryl methyl sites for hydroxylation is 2. The largest absolute Gasteiger partial charge is 0.387 e. The summed E-state index contributed by atoms with van der Waals surface area (Å²) in [5.41, 5.74) is 8.14. The maximum absolute atomic E-state index is 5.80. The summed E-state index contributed by atoms with van der Waals surface area (Å²) in [6, 6.07) is 13.1. The van der Waals surface area contributed by atoms with Gasteiger partial charge in [0, 0.05) is 25.6 Å². The summed E-state index contributed by atoms with van der Waals surface area (Å²) in [7, 11) is 2.03. The average molecular weight is 392 g/mol. The first kappa shape index (κ1) is 21.1. The molecule has 0 radical (unpaired) electrons. The lowest BCUT2D eigenvalue weighted by Gasteiger charge is -2.19. The number of oxime groups is 1. The standard InChI is InChI=1S/C25H33N3O/c1-8-28(7)16-26-22-14-17(2)21(13-18(22)3)23-15-24(29-27-23)19-9-11-20(12-10-19)25(4,5)6/h9-14,16,24H,8,15H2,1-7H3. The first-order valence-corrected chi connectivity index (χ1v) is 10.4. The molecule has 1 aliphatic heterocycles. The summed E-state index contributed by atoms with van der Waals surface area (Å²) in [6.45, 7) is 14.0. The Bertz CT molecular complexity index is 920. The highest BCUT2D eigenvalue weighted by Gasteiger charge is 2.25. The van der Waals surface area contributed by atoms with Crippen molar-refractivity contribution in [3.05, 3.63) is 64.2 Å². The van der Waals surface area contributed by atoms with Crippen LogP contribution < -0.4 is 0 Å². The number of hydrogen-bond donors (Lipinski definition) is 0. The Morgan fingerprint density at radius 2 is 1.83 bits per heavy atom. The zero-order valence-corrected chi connectivity index (χ0v) is 18.8. The minimum atomic E-state index is -0.0189. The molecule has 1 heterocycles. The first-order valence-electron chi connectivity index (χ1n) is 10.4. The van der Waals surface area contributed by atoms with Crippen molar-refractivity contribution in [2.24, 2.45) is 10.1 Å². The fourth-order valence-corrected chi connectivity index (χ4v) is 3.41. The molecular weight excluding hydrogens is 358 g/mol. The molecule has 0 spiro atoms. The summed E-state index contributed by atoms with van der Waals surface area (Å²) in [5, 5.41) is 4.42. The third-order valence-corrected chi connectivity index (χ3v) is 5.56. The minimum absolute atomic E-state index is 0.0189. The lowest BCUT2D eigenvalue weighted by Crippen LogP contribution is -2.14. The van der Waals surface area contributed by atoms with Gasteiger partial charge in [0.05, 0.1) is 17.7 Å². The maximum Gasteiger partial charge on any atom is 0.158 e. The van der Waals surface area contributed by atoms with Crippen LogP contribution in [0.4, 0.5) is 5.69 Å². The molecule has 2 aromatic rings. The number of hydrogen-bond acceptors (Lipinski definition) is 3. The van der Waals surface area contributed by atoms with Crippen LogP contribution in [0.2, 0.25) is 0 Å². The molecule has 4 nitrogen and oxygen atoms in total. The van der Waals surface area contributed by atoms with E-state index in [0.717, 1.165) is 35.5 Å². The SMILES string of the molecule is CCN(C)C=Nc1cc(C)c(C2=NOC(c3ccc(C(C)(C)C)cc3)C2)cc1C. The smallest absolute Gasteiger partial charge is 0.158 e. The molecule has 29 heavy (non-hydrogen) atoms. The molecule has 1 atom stereocenters. The number of nitrogens with zero attached hydrogens (tertiary/aromatic N) is 3. The molecule has 0 aliphatic carbocycles. The third-order valence-electron chi connectivity index (χ3n) is 5.56. The lowest BCUT2D eigenvalue weighted by atomic mass is 9.86. The fraction of sp³-hybridized carbons (Fsp3) is 0.440. The molecule has 0 N–H and O–H groups in total. The fourth-order valence-electron chi connectivity index (χ4n) is 3.41. The van der Waals surface area contributed by atoms with E-state index in [-0.39, 0.29) is 11.5 Å². The molecule has 0 fully saturated rings. The molecule has 0 aromatic heterocycles. The third kappa shape index (κ3) is 4.87. The second-order valence-electron chi connectivity index (χ2n) is 8.98. The number of rotatable bonds is 5. The van der Waals surface area contributed by atoms with Crippen molar-refractivity contribution in [1.82, 2.24) is 4.90 Å². The Hall–Kier alpha value is -2.62.